The quantitative estimate of drug-likeness (QED) is 0.767. The van der Waals surface area contributed by atoms with Crippen molar-refractivity contribution in [2.24, 2.45) is 10.2 Å². The smallest absolute Gasteiger partial charge is 0.387 e. The third kappa shape index (κ3) is 2.48. The van der Waals surface area contributed by atoms with Crippen molar-refractivity contribution in [3.05, 3.63) is 29.8 Å². The predicted octanol–water partition coefficient (Wildman–Crippen LogP) is 3.05. The highest BCUT2D eigenvalue weighted by atomic mass is 32.1. The van der Waals surface area contributed by atoms with E-state index in [0.717, 1.165) is 0 Å². The Balaban J connectivity index is 2.08. The topological polar surface area (TPSA) is 43.2 Å². The fourth-order valence-electron chi connectivity index (χ4n) is 1.19. The lowest BCUT2D eigenvalue weighted by atomic mass is 10.2. The van der Waals surface area contributed by atoms with Crippen molar-refractivity contribution in [2.75, 3.05) is 0 Å². The molecular weight excluding hydrogens is 238 g/mol. The van der Waals surface area contributed by atoms with E-state index in [1.54, 1.807) is 12.1 Å². The van der Waals surface area contributed by atoms with E-state index in [1.807, 2.05) is 0 Å². The molecule has 0 radical (unpaired) electrons. The zero-order valence-corrected chi connectivity index (χ0v) is 8.66. The first-order chi connectivity index (χ1) is 7.65. The molecule has 0 aromatic heterocycles. The molecule has 7 heteroatoms. The van der Waals surface area contributed by atoms with Gasteiger partial charge in [-0.15, -0.1) is 10.2 Å². The molecule has 1 aromatic carbocycles. The number of halogens is 2. The summed E-state index contributed by atoms with van der Waals surface area (Å²) in [6.45, 7) is -2.83. The second-order valence-corrected chi connectivity index (χ2v) is 3.25. The van der Waals surface area contributed by atoms with Gasteiger partial charge in [0.25, 0.3) is 0 Å². The van der Waals surface area contributed by atoms with Gasteiger partial charge in [-0.05, 0) is 36.5 Å². The van der Waals surface area contributed by atoms with Crippen molar-refractivity contribution in [2.45, 2.75) is 12.8 Å². The van der Waals surface area contributed by atoms with E-state index in [1.165, 1.54) is 12.1 Å². The molecular formula is C9H6F2N2O2S. The van der Waals surface area contributed by atoms with Crippen LogP contribution in [0.2, 0.25) is 0 Å². The Labute approximate surface area is 94.9 Å². The average molecular weight is 244 g/mol. The molecule has 1 aromatic rings. The number of hydrogen-bond acceptors (Lipinski definition) is 4. The van der Waals surface area contributed by atoms with Crippen LogP contribution in [0.4, 0.5) is 8.78 Å². The van der Waals surface area contributed by atoms with Crippen molar-refractivity contribution in [3.63, 3.8) is 0 Å². The summed E-state index contributed by atoms with van der Waals surface area (Å²) in [5.41, 5.74) is 0.671. The first-order valence-electron chi connectivity index (χ1n) is 4.31. The van der Waals surface area contributed by atoms with Gasteiger partial charge in [-0.1, -0.05) is 0 Å². The first kappa shape index (κ1) is 10.9. The maximum atomic E-state index is 11.9. The molecule has 0 aliphatic carbocycles. The Bertz CT molecular complexity index is 422. The summed E-state index contributed by atoms with van der Waals surface area (Å²) < 4.78 is 33.0. The highest BCUT2D eigenvalue weighted by Gasteiger charge is 2.19. The third-order valence-corrected chi connectivity index (χ3v) is 2.03. The van der Waals surface area contributed by atoms with Crippen LogP contribution >= 0.6 is 12.2 Å². The van der Waals surface area contributed by atoms with Gasteiger partial charge in [0, 0.05) is 5.56 Å². The van der Waals surface area contributed by atoms with Crippen LogP contribution in [0.5, 0.6) is 5.75 Å². The lowest BCUT2D eigenvalue weighted by molar-refractivity contribution is -0.0498. The van der Waals surface area contributed by atoms with Gasteiger partial charge < -0.3 is 9.47 Å². The first-order valence-corrected chi connectivity index (χ1v) is 4.72. The summed E-state index contributed by atoms with van der Waals surface area (Å²) in [5, 5.41) is 7.37. The molecule has 2 rings (SSSR count). The minimum absolute atomic E-state index is 0.0675. The average Bonchev–Trinajstić information content (AvgIpc) is 2.65. The molecule has 0 saturated heterocycles. The fourth-order valence-corrected chi connectivity index (χ4v) is 1.33. The van der Waals surface area contributed by atoms with E-state index >= 15 is 0 Å². The Hall–Kier alpha value is -1.63. The van der Waals surface area contributed by atoms with Crippen LogP contribution in [0.1, 0.15) is 11.8 Å². The zero-order valence-electron chi connectivity index (χ0n) is 7.84. The van der Waals surface area contributed by atoms with Crippen LogP contribution in [-0.2, 0) is 4.74 Å². The summed E-state index contributed by atoms with van der Waals surface area (Å²) in [4.78, 5) is 0. The summed E-state index contributed by atoms with van der Waals surface area (Å²) in [5.74, 6) is 0.0799. The number of nitrogens with zero attached hydrogens (tertiary/aromatic N) is 2. The molecule has 0 fully saturated rings. The van der Waals surface area contributed by atoms with E-state index < -0.39 is 12.8 Å². The molecule has 0 bridgehead atoms. The summed E-state index contributed by atoms with van der Waals surface area (Å²) in [7, 11) is 0. The Morgan fingerprint density at radius 1 is 1.31 bits per heavy atom. The van der Waals surface area contributed by atoms with E-state index in [2.05, 4.69) is 27.2 Å². The molecule has 0 N–H and O–H groups in total. The van der Waals surface area contributed by atoms with E-state index in [9.17, 15) is 8.78 Å². The predicted molar refractivity (Wildman–Crippen MR) is 54.4 cm³/mol. The lowest BCUT2D eigenvalue weighted by Gasteiger charge is -2.08. The maximum Gasteiger partial charge on any atom is 0.387 e. The monoisotopic (exact) mass is 244 g/mol. The molecule has 0 amide bonds. The van der Waals surface area contributed by atoms with Crippen LogP contribution in [0.3, 0.4) is 0 Å². The number of benzene rings is 1. The zero-order chi connectivity index (χ0) is 11.5. The number of hydrogen-bond donors (Lipinski definition) is 0. The van der Waals surface area contributed by atoms with Gasteiger partial charge in [-0.2, -0.15) is 8.78 Å². The largest absolute Gasteiger partial charge is 0.436 e. The molecule has 84 valence electrons. The van der Waals surface area contributed by atoms with Crippen molar-refractivity contribution in [3.8, 4) is 5.75 Å². The molecule has 0 saturated carbocycles. The van der Waals surface area contributed by atoms with Crippen LogP contribution in [0.25, 0.3) is 0 Å². The van der Waals surface area contributed by atoms with Crippen molar-refractivity contribution in [1.29, 1.82) is 0 Å². The molecule has 1 aliphatic rings. The van der Waals surface area contributed by atoms with Gasteiger partial charge in [0.1, 0.15) is 5.75 Å². The molecule has 0 spiro atoms. The van der Waals surface area contributed by atoms with Crippen molar-refractivity contribution in [1.82, 2.24) is 0 Å². The normalized spacial score (nSPS) is 18.9. The van der Waals surface area contributed by atoms with E-state index in [-0.39, 0.29) is 10.9 Å². The van der Waals surface area contributed by atoms with Crippen molar-refractivity contribution < 1.29 is 18.3 Å². The number of ether oxygens (including phenoxy) is 2. The molecule has 16 heavy (non-hydrogen) atoms. The van der Waals surface area contributed by atoms with Crippen molar-refractivity contribution >= 4 is 17.4 Å². The molecule has 1 aliphatic heterocycles. The fraction of sp³-hybridized carbons (Fsp3) is 0.222. The van der Waals surface area contributed by atoms with Crippen LogP contribution in [-0.4, -0.2) is 11.8 Å². The van der Waals surface area contributed by atoms with Gasteiger partial charge in [-0.3, -0.25) is 0 Å². The van der Waals surface area contributed by atoms with Gasteiger partial charge in [0.2, 0.25) is 6.23 Å². The number of rotatable bonds is 3. The van der Waals surface area contributed by atoms with E-state index in [0.29, 0.717) is 5.56 Å². The molecule has 1 unspecified atom stereocenters. The molecule has 4 nitrogen and oxygen atoms in total. The van der Waals surface area contributed by atoms with Gasteiger partial charge in [0.15, 0.2) is 0 Å². The minimum atomic E-state index is -2.83. The lowest BCUT2D eigenvalue weighted by Crippen LogP contribution is -2.02. The van der Waals surface area contributed by atoms with Gasteiger partial charge >= 0.3 is 11.8 Å². The highest BCUT2D eigenvalue weighted by molar-refractivity contribution is 7.80. The van der Waals surface area contributed by atoms with Gasteiger partial charge in [-0.25, -0.2) is 0 Å². The van der Waals surface area contributed by atoms with Crippen LogP contribution in [0, 0.1) is 0 Å². The summed E-state index contributed by atoms with van der Waals surface area (Å²) >= 11 is 4.67. The minimum Gasteiger partial charge on any atom is -0.436 e. The number of alkyl halides is 2. The second kappa shape index (κ2) is 4.48. The second-order valence-electron chi connectivity index (χ2n) is 2.90. The molecule has 1 heterocycles. The summed E-state index contributed by atoms with van der Waals surface area (Å²) in [6.07, 6.45) is -0.590. The Kier molecular flexibility index (Phi) is 3.04. The molecule has 1 atom stereocenters. The SMILES string of the molecule is FC(F)Oc1ccc(C2N=NC(=S)O2)cc1. The van der Waals surface area contributed by atoms with Gasteiger partial charge in [0.05, 0.1) is 0 Å². The standard InChI is InChI=1S/C9H6F2N2O2S/c10-8(11)14-6-3-1-5(2-4-6)7-12-13-9(16)15-7/h1-4,7-8H. The number of azo groups is 1. The van der Waals surface area contributed by atoms with Crippen LogP contribution in [0.15, 0.2) is 34.5 Å². The Morgan fingerprint density at radius 3 is 2.50 bits per heavy atom. The van der Waals surface area contributed by atoms with Crippen LogP contribution < -0.4 is 4.74 Å². The Morgan fingerprint density at radius 2 is 2.00 bits per heavy atom. The highest BCUT2D eigenvalue weighted by Crippen LogP contribution is 2.26. The summed E-state index contributed by atoms with van der Waals surface area (Å²) in [6, 6.07) is 5.94. The maximum absolute atomic E-state index is 11.9. The van der Waals surface area contributed by atoms with E-state index in [4.69, 9.17) is 4.74 Å². The number of thiocarbonyl (C=S) groups is 1. The third-order valence-electron chi connectivity index (χ3n) is 1.85.